The fourth-order valence-electron chi connectivity index (χ4n) is 15.0. The largest absolute Gasteiger partial charge is 0.454 e. The van der Waals surface area contributed by atoms with Crippen LogP contribution in [0, 0.1) is 0 Å². The minimum absolute atomic E-state index is 0.118. The molecule has 0 amide bonds. The van der Waals surface area contributed by atoms with Crippen LogP contribution in [-0.4, -0.2) is 24.5 Å². The molecule has 1 aliphatic carbocycles. The van der Waals surface area contributed by atoms with Gasteiger partial charge in [-0.25, -0.2) is 19.9 Å². The number of nitrogens with zero attached hydrogens (tertiary/aromatic N) is 6. The molecule has 7 nitrogen and oxygen atoms in total. The van der Waals surface area contributed by atoms with Gasteiger partial charge in [0, 0.05) is 66.9 Å². The lowest BCUT2D eigenvalue weighted by molar-refractivity contribution is 0.660. The van der Waals surface area contributed by atoms with Crippen molar-refractivity contribution in [3.8, 4) is 62.2 Å². The Morgan fingerprint density at radius 2 is 0.891 bits per heavy atom. The number of aromatic nitrogens is 5. The molecule has 0 radical (unpaired) electrons. The molecule has 14 aromatic carbocycles. The zero-order valence-corrected chi connectivity index (χ0v) is 50.3. The van der Waals surface area contributed by atoms with E-state index in [2.05, 4.69) is 242 Å². The molecule has 0 spiro atoms. The predicted octanol–water partition coefficient (Wildman–Crippen LogP) is 22.5. The SMILES string of the molecule is CC1(C)c2ccccc2-c2cc(N(c3cccc(-c4ccc5c(c4)oc4c5ccc5c6cc7c8ccccc8c8ccccc8c7cc6n(-c6cc(-c7nc(-c8ccccc8)nc(-c8ccccc8)n7)ccn6)c54)c3)c3ccc4ccc5ccccc5c4c3)ccc21. The van der Waals surface area contributed by atoms with E-state index in [9.17, 15) is 0 Å². The van der Waals surface area contributed by atoms with Gasteiger partial charge in [-0.15, -0.1) is 0 Å². The number of anilines is 3. The molecule has 430 valence electrons. The number of hydrogen-bond acceptors (Lipinski definition) is 6. The van der Waals surface area contributed by atoms with Crippen LogP contribution in [0.2, 0.25) is 0 Å². The Labute approximate surface area is 529 Å². The van der Waals surface area contributed by atoms with Crippen LogP contribution in [0.5, 0.6) is 0 Å². The molecule has 0 bridgehead atoms. The van der Waals surface area contributed by atoms with E-state index >= 15 is 0 Å². The first-order chi connectivity index (χ1) is 45.3. The second-order valence-corrected chi connectivity index (χ2v) is 24.9. The summed E-state index contributed by atoms with van der Waals surface area (Å²) in [6.45, 7) is 4.69. The second-order valence-electron chi connectivity index (χ2n) is 24.9. The van der Waals surface area contributed by atoms with Gasteiger partial charge >= 0.3 is 0 Å². The van der Waals surface area contributed by atoms with Crippen molar-refractivity contribution in [3.63, 3.8) is 0 Å². The zero-order valence-electron chi connectivity index (χ0n) is 50.3. The van der Waals surface area contributed by atoms with E-state index < -0.39 is 0 Å². The quantitative estimate of drug-likeness (QED) is 0.141. The van der Waals surface area contributed by atoms with E-state index in [4.69, 9.17) is 24.4 Å². The van der Waals surface area contributed by atoms with Crippen LogP contribution in [0.3, 0.4) is 0 Å². The Hall–Kier alpha value is -12.1. The van der Waals surface area contributed by atoms with Crippen molar-refractivity contribution in [2.24, 2.45) is 0 Å². The van der Waals surface area contributed by atoms with E-state index in [1.807, 2.05) is 72.9 Å². The molecule has 0 N–H and O–H groups in total. The molecule has 0 saturated heterocycles. The standard InChI is InChI=1S/C85H54N6O/c1-85(2)75-31-16-15-30-66(75)73-48-60(37-41-76(73)85)90(59-36-34-52-33-32-51-18-9-10-25-61(51)70(52)47-59)58-24-17-23-55(44-58)56-35-38-67-69-40-39-68-74-49-71-64-28-13-11-26-62(64)63-27-12-14-29-65(63)72(71)50-77(74)91(80(68)81(69)92-78(67)45-56)79-46-57(42-43-86-79)84-88-82(53-19-5-3-6-20-53)87-83(89-84)54-21-7-4-8-22-54/h3-50H,1-2H3. The zero-order chi connectivity index (χ0) is 60.8. The topological polar surface area (TPSA) is 72.9 Å². The van der Waals surface area contributed by atoms with Crippen LogP contribution < -0.4 is 4.90 Å². The van der Waals surface area contributed by atoms with Crippen molar-refractivity contribution in [1.29, 1.82) is 0 Å². The lowest BCUT2D eigenvalue weighted by Crippen LogP contribution is -2.15. The Balaban J connectivity index is 0.805. The molecule has 1 aliphatic rings. The van der Waals surface area contributed by atoms with Crippen molar-refractivity contribution in [2.75, 3.05) is 4.90 Å². The average molecular weight is 1180 g/mol. The van der Waals surface area contributed by atoms with Crippen molar-refractivity contribution in [1.82, 2.24) is 24.5 Å². The number of pyridine rings is 1. The van der Waals surface area contributed by atoms with Crippen LogP contribution in [-0.2, 0) is 5.41 Å². The highest BCUT2D eigenvalue weighted by atomic mass is 16.3. The third-order valence-electron chi connectivity index (χ3n) is 19.4. The van der Waals surface area contributed by atoms with Crippen molar-refractivity contribution in [2.45, 2.75) is 19.3 Å². The highest BCUT2D eigenvalue weighted by Crippen LogP contribution is 2.52. The first-order valence-corrected chi connectivity index (χ1v) is 31.4. The first-order valence-electron chi connectivity index (χ1n) is 31.4. The molecular weight excluding hydrogens is 1120 g/mol. The first kappa shape index (κ1) is 51.9. The van der Waals surface area contributed by atoms with Crippen LogP contribution in [0.25, 0.3) is 160 Å². The summed E-state index contributed by atoms with van der Waals surface area (Å²) in [4.78, 5) is 23.0. The summed E-state index contributed by atoms with van der Waals surface area (Å²) in [6, 6.07) is 103. The summed E-state index contributed by atoms with van der Waals surface area (Å²) in [7, 11) is 0. The molecule has 0 saturated carbocycles. The molecule has 4 aromatic heterocycles. The molecule has 19 rings (SSSR count). The van der Waals surface area contributed by atoms with Gasteiger partial charge in [-0.3, -0.25) is 4.57 Å². The van der Waals surface area contributed by atoms with E-state index in [-0.39, 0.29) is 5.41 Å². The second kappa shape index (κ2) is 20.0. The maximum Gasteiger partial charge on any atom is 0.164 e. The van der Waals surface area contributed by atoms with Gasteiger partial charge in [0.1, 0.15) is 11.4 Å². The van der Waals surface area contributed by atoms with Crippen molar-refractivity contribution in [3.05, 3.63) is 302 Å². The number of fused-ring (bicyclic) bond motifs is 19. The fraction of sp³-hybridized carbons (Fsp3) is 0.0353. The molecule has 0 aliphatic heterocycles. The minimum atomic E-state index is -0.118. The van der Waals surface area contributed by atoms with Gasteiger partial charge in [0.15, 0.2) is 23.1 Å². The molecule has 18 aromatic rings. The normalized spacial score (nSPS) is 12.8. The summed E-state index contributed by atoms with van der Waals surface area (Å²) in [5.41, 5.74) is 16.6. The average Bonchev–Trinajstić information content (AvgIpc) is 1.50. The summed E-state index contributed by atoms with van der Waals surface area (Å²) >= 11 is 0. The smallest absolute Gasteiger partial charge is 0.164 e. The number of furan rings is 1. The maximum atomic E-state index is 7.39. The van der Waals surface area contributed by atoms with Gasteiger partial charge in [0.2, 0.25) is 0 Å². The van der Waals surface area contributed by atoms with Crippen molar-refractivity contribution < 1.29 is 4.42 Å². The number of benzene rings is 14. The number of rotatable bonds is 8. The van der Waals surface area contributed by atoms with Gasteiger partial charge in [0.25, 0.3) is 0 Å². The Bertz CT molecular complexity index is 6070. The third-order valence-corrected chi connectivity index (χ3v) is 19.4. The van der Waals surface area contributed by atoms with Gasteiger partial charge in [-0.2, -0.15) is 0 Å². The summed E-state index contributed by atoms with van der Waals surface area (Å²) in [5, 5.41) is 16.3. The summed E-state index contributed by atoms with van der Waals surface area (Å²) in [5.74, 6) is 2.44. The van der Waals surface area contributed by atoms with Gasteiger partial charge in [-0.1, -0.05) is 220 Å². The Kier molecular flexibility index (Phi) is 11.3. The Morgan fingerprint density at radius 1 is 0.337 bits per heavy atom. The molecule has 92 heavy (non-hydrogen) atoms. The van der Waals surface area contributed by atoms with E-state index in [0.29, 0.717) is 23.3 Å². The molecule has 7 heteroatoms. The highest BCUT2D eigenvalue weighted by Gasteiger charge is 2.36. The van der Waals surface area contributed by atoms with Gasteiger partial charge in [0.05, 0.1) is 11.0 Å². The van der Waals surface area contributed by atoms with E-state index in [1.165, 1.54) is 70.7 Å². The molecule has 0 atom stereocenters. The number of hydrogen-bond donors (Lipinski definition) is 0. The van der Waals surface area contributed by atoms with Crippen molar-refractivity contribution >= 4 is 115 Å². The van der Waals surface area contributed by atoms with Crippen LogP contribution in [0.4, 0.5) is 17.1 Å². The van der Waals surface area contributed by atoms with Crippen LogP contribution in [0.1, 0.15) is 25.0 Å². The lowest BCUT2D eigenvalue weighted by Gasteiger charge is -2.28. The summed E-state index contributed by atoms with van der Waals surface area (Å²) < 4.78 is 9.69. The molecule has 0 unspecified atom stereocenters. The Morgan fingerprint density at radius 3 is 1.64 bits per heavy atom. The van der Waals surface area contributed by atoms with E-state index in [1.54, 1.807) is 0 Å². The van der Waals surface area contributed by atoms with Gasteiger partial charge in [-0.05, 0) is 166 Å². The van der Waals surface area contributed by atoms with Gasteiger partial charge < -0.3 is 9.32 Å². The minimum Gasteiger partial charge on any atom is -0.454 e. The third kappa shape index (κ3) is 7.95. The highest BCUT2D eigenvalue weighted by molar-refractivity contribution is 6.30. The molecule has 0 fully saturated rings. The fourth-order valence-corrected chi connectivity index (χ4v) is 15.0. The maximum absolute atomic E-state index is 7.39. The van der Waals surface area contributed by atoms with E-state index in [0.717, 1.165) is 94.0 Å². The summed E-state index contributed by atoms with van der Waals surface area (Å²) in [6.07, 6.45) is 1.87. The monoisotopic (exact) mass is 1170 g/mol. The lowest BCUT2D eigenvalue weighted by atomic mass is 9.82. The van der Waals surface area contributed by atoms with Crippen LogP contribution in [0.15, 0.2) is 296 Å². The molecule has 4 heterocycles. The molecular formula is C85H54N6O. The predicted molar refractivity (Wildman–Crippen MR) is 381 cm³/mol. The van der Waals surface area contributed by atoms with Crippen LogP contribution >= 0.6 is 0 Å².